The summed E-state index contributed by atoms with van der Waals surface area (Å²) in [6.07, 6.45) is 0. The van der Waals surface area contributed by atoms with Crippen LogP contribution in [0.1, 0.15) is 24.1 Å². The number of hydrogen-bond donors (Lipinski definition) is 1. The topological polar surface area (TPSA) is 112 Å². The molecule has 1 unspecified atom stereocenters. The number of ether oxygens (including phenoxy) is 4. The fourth-order valence-corrected chi connectivity index (χ4v) is 5.02. The standard InChI is InChI=1S/C28H23Cl2NO8/c1-14(32)39-18-9-5-15(6-10-18)23-21(24(33)19-13-20(29)27(38-4)22(30)26(19)37-3)25(34)28(35)31(23)16-7-11-17(36-2)12-8-16/h5-13,23,33H,1-4H3/b24-21+. The van der Waals surface area contributed by atoms with E-state index in [-0.39, 0.29) is 38.4 Å². The molecule has 1 amide bonds. The summed E-state index contributed by atoms with van der Waals surface area (Å²) >= 11 is 12.7. The van der Waals surface area contributed by atoms with Gasteiger partial charge in [-0.2, -0.15) is 0 Å². The van der Waals surface area contributed by atoms with Crippen molar-refractivity contribution in [3.8, 4) is 23.0 Å². The fourth-order valence-electron chi connectivity index (χ4n) is 4.33. The Morgan fingerprint density at radius 1 is 0.872 bits per heavy atom. The molecule has 1 aliphatic rings. The molecule has 1 fully saturated rings. The minimum absolute atomic E-state index is 0.00461. The molecule has 39 heavy (non-hydrogen) atoms. The molecule has 0 aliphatic carbocycles. The Morgan fingerprint density at radius 2 is 1.46 bits per heavy atom. The molecule has 1 heterocycles. The highest BCUT2D eigenvalue weighted by molar-refractivity contribution is 6.52. The molecule has 202 valence electrons. The Labute approximate surface area is 234 Å². The van der Waals surface area contributed by atoms with Gasteiger partial charge in [-0.3, -0.25) is 19.3 Å². The van der Waals surface area contributed by atoms with Crippen LogP contribution in [0.5, 0.6) is 23.0 Å². The smallest absolute Gasteiger partial charge is 0.308 e. The maximum atomic E-state index is 13.5. The van der Waals surface area contributed by atoms with Crippen LogP contribution >= 0.6 is 23.2 Å². The molecule has 0 saturated carbocycles. The van der Waals surface area contributed by atoms with E-state index in [1.165, 1.54) is 51.4 Å². The van der Waals surface area contributed by atoms with Gasteiger partial charge in [0.1, 0.15) is 22.3 Å². The van der Waals surface area contributed by atoms with Crippen molar-refractivity contribution in [2.24, 2.45) is 0 Å². The summed E-state index contributed by atoms with van der Waals surface area (Å²) in [4.78, 5) is 39.5. The molecule has 0 radical (unpaired) electrons. The molecule has 1 saturated heterocycles. The minimum atomic E-state index is -1.07. The number of amides is 1. The Bertz CT molecular complexity index is 1480. The Kier molecular flexibility index (Phi) is 8.03. The van der Waals surface area contributed by atoms with Crippen molar-refractivity contribution in [3.05, 3.63) is 81.3 Å². The average Bonchev–Trinajstić information content (AvgIpc) is 3.18. The number of aliphatic hydroxyl groups excluding tert-OH is 1. The number of halogens is 2. The summed E-state index contributed by atoms with van der Waals surface area (Å²) in [5.74, 6) is -1.96. The van der Waals surface area contributed by atoms with E-state index in [0.717, 1.165) is 0 Å². The first-order valence-corrected chi connectivity index (χ1v) is 12.2. The number of hydrogen-bond acceptors (Lipinski definition) is 8. The maximum absolute atomic E-state index is 13.5. The molecule has 4 rings (SSSR count). The second kappa shape index (κ2) is 11.3. The van der Waals surface area contributed by atoms with Crippen LogP contribution in [0.2, 0.25) is 10.0 Å². The van der Waals surface area contributed by atoms with Gasteiger partial charge in [-0.05, 0) is 48.0 Å². The highest BCUT2D eigenvalue weighted by atomic mass is 35.5. The van der Waals surface area contributed by atoms with Gasteiger partial charge in [0.25, 0.3) is 11.7 Å². The summed E-state index contributed by atoms with van der Waals surface area (Å²) in [5, 5.41) is 11.6. The van der Waals surface area contributed by atoms with Crippen LogP contribution in [0.4, 0.5) is 5.69 Å². The molecule has 1 N–H and O–H groups in total. The third-order valence-electron chi connectivity index (χ3n) is 6.05. The summed E-state index contributed by atoms with van der Waals surface area (Å²) in [6.45, 7) is 1.27. The first-order valence-electron chi connectivity index (χ1n) is 11.5. The van der Waals surface area contributed by atoms with Crippen molar-refractivity contribution in [3.63, 3.8) is 0 Å². The number of ketones is 1. The highest BCUT2D eigenvalue weighted by Gasteiger charge is 2.47. The lowest BCUT2D eigenvalue weighted by molar-refractivity contribution is -0.132. The van der Waals surface area contributed by atoms with Crippen LogP contribution in [0.25, 0.3) is 5.76 Å². The number of anilines is 1. The van der Waals surface area contributed by atoms with Crippen LogP contribution in [-0.2, 0) is 14.4 Å². The van der Waals surface area contributed by atoms with Crippen LogP contribution < -0.4 is 23.8 Å². The van der Waals surface area contributed by atoms with Gasteiger partial charge in [-0.25, -0.2) is 0 Å². The number of aliphatic hydroxyl groups is 1. The first kappa shape index (κ1) is 27.8. The van der Waals surface area contributed by atoms with E-state index < -0.39 is 29.5 Å². The monoisotopic (exact) mass is 571 g/mol. The number of nitrogens with zero attached hydrogens (tertiary/aromatic N) is 1. The summed E-state index contributed by atoms with van der Waals surface area (Å²) in [5.41, 5.74) is 0.588. The average molecular weight is 572 g/mol. The molecule has 1 aliphatic heterocycles. The molecule has 1 atom stereocenters. The number of Topliss-reactive ketones (excluding diaryl/α,β-unsaturated/α-hetero) is 1. The van der Waals surface area contributed by atoms with Crippen LogP contribution in [0, 0.1) is 0 Å². The van der Waals surface area contributed by atoms with Crippen LogP contribution in [0.3, 0.4) is 0 Å². The molecule has 0 bridgehead atoms. The van der Waals surface area contributed by atoms with E-state index in [4.69, 9.17) is 42.1 Å². The van der Waals surface area contributed by atoms with Gasteiger partial charge in [-0.1, -0.05) is 35.3 Å². The van der Waals surface area contributed by atoms with Crippen LogP contribution in [0.15, 0.2) is 60.2 Å². The van der Waals surface area contributed by atoms with Gasteiger partial charge >= 0.3 is 5.97 Å². The van der Waals surface area contributed by atoms with Gasteiger partial charge in [0.05, 0.1) is 43.5 Å². The lowest BCUT2D eigenvalue weighted by Crippen LogP contribution is -2.29. The lowest BCUT2D eigenvalue weighted by Gasteiger charge is -2.26. The predicted molar refractivity (Wildman–Crippen MR) is 145 cm³/mol. The predicted octanol–water partition coefficient (Wildman–Crippen LogP) is 5.57. The molecular weight excluding hydrogens is 549 g/mol. The fraction of sp³-hybridized carbons (Fsp3) is 0.179. The van der Waals surface area contributed by atoms with Crippen molar-refractivity contribution < 1.29 is 38.4 Å². The Balaban J connectivity index is 1.97. The molecule has 3 aromatic carbocycles. The lowest BCUT2D eigenvalue weighted by atomic mass is 9.94. The summed E-state index contributed by atoms with van der Waals surface area (Å²) < 4.78 is 21.0. The van der Waals surface area contributed by atoms with Gasteiger partial charge in [0, 0.05) is 12.6 Å². The number of carbonyl (C=O) groups is 3. The van der Waals surface area contributed by atoms with Crippen molar-refractivity contribution in [1.82, 2.24) is 0 Å². The molecule has 0 spiro atoms. The number of rotatable bonds is 7. The van der Waals surface area contributed by atoms with Crippen molar-refractivity contribution in [2.45, 2.75) is 13.0 Å². The SMILES string of the molecule is COc1ccc(N2C(=O)C(=O)/C(=C(/O)c3cc(Cl)c(OC)c(Cl)c3OC)C2c2ccc(OC(C)=O)cc2)cc1. The zero-order valence-corrected chi connectivity index (χ0v) is 22.8. The van der Waals surface area contributed by atoms with E-state index >= 15 is 0 Å². The zero-order chi connectivity index (χ0) is 28.4. The molecule has 0 aromatic heterocycles. The van der Waals surface area contributed by atoms with Crippen molar-refractivity contribution in [1.29, 1.82) is 0 Å². The Morgan fingerprint density at radius 3 is 2.00 bits per heavy atom. The zero-order valence-electron chi connectivity index (χ0n) is 21.3. The molecule has 9 nitrogen and oxygen atoms in total. The van der Waals surface area contributed by atoms with E-state index in [1.54, 1.807) is 36.4 Å². The minimum Gasteiger partial charge on any atom is -0.507 e. The molecule has 3 aromatic rings. The third-order valence-corrected chi connectivity index (χ3v) is 6.67. The first-order chi connectivity index (χ1) is 18.6. The second-order valence-corrected chi connectivity index (χ2v) is 9.10. The van der Waals surface area contributed by atoms with Crippen molar-refractivity contribution in [2.75, 3.05) is 26.2 Å². The van der Waals surface area contributed by atoms with E-state index in [0.29, 0.717) is 17.0 Å². The Hall–Kier alpha value is -4.21. The second-order valence-electron chi connectivity index (χ2n) is 8.32. The third kappa shape index (κ3) is 5.10. The summed E-state index contributed by atoms with van der Waals surface area (Å²) in [6, 6.07) is 13.0. The largest absolute Gasteiger partial charge is 0.507 e. The maximum Gasteiger partial charge on any atom is 0.308 e. The van der Waals surface area contributed by atoms with E-state index in [9.17, 15) is 19.5 Å². The summed E-state index contributed by atoms with van der Waals surface area (Å²) in [7, 11) is 4.20. The number of methoxy groups -OCH3 is 3. The highest BCUT2D eigenvalue weighted by Crippen LogP contribution is 2.48. The van der Waals surface area contributed by atoms with Gasteiger partial charge in [0.2, 0.25) is 0 Å². The van der Waals surface area contributed by atoms with Crippen molar-refractivity contribution >= 4 is 52.3 Å². The number of esters is 1. The normalized spacial score (nSPS) is 16.3. The van der Waals surface area contributed by atoms with Gasteiger partial charge in [-0.15, -0.1) is 0 Å². The van der Waals surface area contributed by atoms with Gasteiger partial charge in [0.15, 0.2) is 11.5 Å². The molecule has 11 heteroatoms. The van der Waals surface area contributed by atoms with E-state index in [1.807, 2.05) is 0 Å². The quantitative estimate of drug-likeness (QED) is 0.129. The van der Waals surface area contributed by atoms with Crippen LogP contribution in [-0.4, -0.2) is 44.1 Å². The molecular formula is C28H23Cl2NO8. The van der Waals surface area contributed by atoms with Gasteiger partial charge < -0.3 is 24.1 Å². The number of benzene rings is 3. The number of carbonyl (C=O) groups excluding carboxylic acids is 3. The van der Waals surface area contributed by atoms with E-state index in [2.05, 4.69) is 0 Å².